The first-order chi connectivity index (χ1) is 13.9. The van der Waals surface area contributed by atoms with Gasteiger partial charge in [0.15, 0.2) is 11.5 Å². The summed E-state index contributed by atoms with van der Waals surface area (Å²) in [4.78, 5) is 25.1. The highest BCUT2D eigenvalue weighted by Gasteiger charge is 2.18. The third kappa shape index (κ3) is 5.82. The number of hydrogen-bond donors (Lipinski definition) is 1. The van der Waals surface area contributed by atoms with Gasteiger partial charge < -0.3 is 19.5 Å². The molecule has 2 aromatic rings. The topological polar surface area (TPSA) is 103 Å². The largest absolute Gasteiger partial charge is 0.496 e. The fraction of sp³-hybridized carbons (Fsp3) is 0.350. The lowest BCUT2D eigenvalue weighted by Crippen LogP contribution is -2.32. The maximum absolute atomic E-state index is 12.5. The number of carbonyl (C=O) groups excluding carboxylic acids is 1. The fourth-order valence-corrected chi connectivity index (χ4v) is 2.80. The molecule has 9 nitrogen and oxygen atoms in total. The summed E-state index contributed by atoms with van der Waals surface area (Å²) < 4.78 is 15.5. The predicted octanol–water partition coefficient (Wildman–Crippen LogP) is 3.08. The number of rotatable bonds is 10. The van der Waals surface area contributed by atoms with Gasteiger partial charge in [0.2, 0.25) is 5.91 Å². The molecular weight excluding hydrogens is 378 g/mol. The number of nitro benzene ring substituents is 1. The second-order valence-electron chi connectivity index (χ2n) is 6.18. The summed E-state index contributed by atoms with van der Waals surface area (Å²) in [5, 5.41) is 13.9. The number of nitro groups is 1. The molecule has 9 heteroatoms. The minimum atomic E-state index is -0.556. The predicted molar refractivity (Wildman–Crippen MR) is 109 cm³/mol. The number of nitrogens with zero attached hydrogens (tertiary/aromatic N) is 2. The Kier molecular flexibility index (Phi) is 7.79. The van der Waals surface area contributed by atoms with Gasteiger partial charge >= 0.3 is 0 Å². The van der Waals surface area contributed by atoms with Crippen LogP contribution in [0.25, 0.3) is 0 Å². The van der Waals surface area contributed by atoms with Crippen LogP contribution < -0.4 is 19.5 Å². The van der Waals surface area contributed by atoms with Crippen LogP contribution in [0.3, 0.4) is 0 Å². The number of carbonyl (C=O) groups is 1. The molecule has 0 fully saturated rings. The van der Waals surface area contributed by atoms with Crippen LogP contribution in [0, 0.1) is 10.1 Å². The lowest BCUT2D eigenvalue weighted by molar-refractivity contribution is -0.384. The lowest BCUT2D eigenvalue weighted by atomic mass is 10.2. The van der Waals surface area contributed by atoms with Crippen LogP contribution in [-0.4, -0.2) is 50.1 Å². The first-order valence-electron chi connectivity index (χ1n) is 8.97. The van der Waals surface area contributed by atoms with Crippen molar-refractivity contribution in [3.05, 3.63) is 52.1 Å². The number of amides is 1. The number of anilines is 1. The van der Waals surface area contributed by atoms with Gasteiger partial charge in [0.05, 0.1) is 38.9 Å². The molecule has 2 rings (SSSR count). The summed E-state index contributed by atoms with van der Waals surface area (Å²) in [7, 11) is 4.55. The van der Waals surface area contributed by atoms with E-state index in [-0.39, 0.29) is 23.8 Å². The summed E-state index contributed by atoms with van der Waals surface area (Å²) in [6, 6.07) is 9.85. The molecular formula is C20H25N3O6. The number of benzene rings is 2. The van der Waals surface area contributed by atoms with E-state index in [2.05, 4.69) is 5.32 Å². The van der Waals surface area contributed by atoms with Gasteiger partial charge in [-0.2, -0.15) is 0 Å². The van der Waals surface area contributed by atoms with E-state index in [1.54, 1.807) is 20.3 Å². The molecule has 156 valence electrons. The highest BCUT2D eigenvalue weighted by molar-refractivity contribution is 5.94. The van der Waals surface area contributed by atoms with Crippen LogP contribution in [0.5, 0.6) is 17.2 Å². The molecule has 0 spiro atoms. The highest BCUT2D eigenvalue weighted by atomic mass is 16.6. The van der Waals surface area contributed by atoms with Crippen LogP contribution in [0.2, 0.25) is 0 Å². The average molecular weight is 403 g/mol. The summed E-state index contributed by atoms with van der Waals surface area (Å²) in [6.45, 7) is 3.14. The van der Waals surface area contributed by atoms with Crippen molar-refractivity contribution in [1.29, 1.82) is 0 Å². The second-order valence-corrected chi connectivity index (χ2v) is 6.18. The van der Waals surface area contributed by atoms with Crippen LogP contribution >= 0.6 is 0 Å². The van der Waals surface area contributed by atoms with Crippen LogP contribution in [0.15, 0.2) is 36.4 Å². The summed E-state index contributed by atoms with van der Waals surface area (Å²) in [5.41, 5.74) is 0.858. The number of hydrogen-bond acceptors (Lipinski definition) is 7. The van der Waals surface area contributed by atoms with Crippen molar-refractivity contribution >= 4 is 17.3 Å². The Morgan fingerprint density at radius 3 is 2.38 bits per heavy atom. The van der Waals surface area contributed by atoms with Gasteiger partial charge in [-0.25, -0.2) is 0 Å². The number of ether oxygens (including phenoxy) is 3. The van der Waals surface area contributed by atoms with Gasteiger partial charge in [0, 0.05) is 6.54 Å². The van der Waals surface area contributed by atoms with E-state index in [0.717, 1.165) is 5.56 Å². The Morgan fingerprint density at radius 1 is 1.07 bits per heavy atom. The molecule has 0 aromatic heterocycles. The molecule has 0 radical (unpaired) electrons. The van der Waals surface area contributed by atoms with Crippen molar-refractivity contribution < 1.29 is 23.9 Å². The highest BCUT2D eigenvalue weighted by Crippen LogP contribution is 2.29. The number of likely N-dealkylation sites (N-methyl/N-ethyl adjacent to an activating group) is 1. The number of nitrogens with one attached hydrogen (secondary N) is 1. The molecule has 0 aliphatic heterocycles. The molecule has 0 atom stereocenters. The van der Waals surface area contributed by atoms with E-state index in [1.807, 2.05) is 30.0 Å². The summed E-state index contributed by atoms with van der Waals surface area (Å²) in [5.74, 6) is 1.24. The second kappa shape index (κ2) is 10.3. The van der Waals surface area contributed by atoms with Crippen molar-refractivity contribution in [1.82, 2.24) is 4.90 Å². The average Bonchev–Trinajstić information content (AvgIpc) is 2.73. The van der Waals surface area contributed by atoms with Gasteiger partial charge in [0.1, 0.15) is 11.4 Å². The van der Waals surface area contributed by atoms with Gasteiger partial charge in [-0.3, -0.25) is 19.8 Å². The van der Waals surface area contributed by atoms with E-state index in [9.17, 15) is 14.9 Å². The summed E-state index contributed by atoms with van der Waals surface area (Å²) >= 11 is 0. The standard InChI is InChI=1S/C20H25N3O6/c1-5-22(12-14-6-9-18(28-3)19(10-14)29-4)13-20(24)21-16-8-7-15(27-2)11-17(16)23(25)26/h6-11H,5,12-13H2,1-4H3,(H,21,24). The zero-order valence-electron chi connectivity index (χ0n) is 16.9. The Labute approximate surface area is 169 Å². The Hall–Kier alpha value is -3.33. The molecule has 1 amide bonds. The van der Waals surface area contributed by atoms with Crippen molar-refractivity contribution in [2.45, 2.75) is 13.5 Å². The van der Waals surface area contributed by atoms with Crippen molar-refractivity contribution in [2.75, 3.05) is 39.7 Å². The van der Waals surface area contributed by atoms with Crippen molar-refractivity contribution in [2.24, 2.45) is 0 Å². The van der Waals surface area contributed by atoms with E-state index in [1.165, 1.54) is 19.2 Å². The first-order valence-corrected chi connectivity index (χ1v) is 8.97. The monoisotopic (exact) mass is 403 g/mol. The van der Waals surface area contributed by atoms with Gasteiger partial charge in [-0.15, -0.1) is 0 Å². The first kappa shape index (κ1) is 22.0. The normalized spacial score (nSPS) is 10.5. The van der Waals surface area contributed by atoms with Gasteiger partial charge in [0.25, 0.3) is 5.69 Å². The quantitative estimate of drug-likeness (QED) is 0.480. The SMILES string of the molecule is CCN(CC(=O)Nc1ccc(OC)cc1[N+](=O)[O-])Cc1ccc(OC)c(OC)c1. The zero-order chi connectivity index (χ0) is 21.4. The van der Waals surface area contributed by atoms with Crippen molar-refractivity contribution in [3.63, 3.8) is 0 Å². The van der Waals surface area contributed by atoms with E-state index >= 15 is 0 Å². The number of methoxy groups -OCH3 is 3. The lowest BCUT2D eigenvalue weighted by Gasteiger charge is -2.20. The maximum Gasteiger partial charge on any atom is 0.296 e. The minimum Gasteiger partial charge on any atom is -0.496 e. The fourth-order valence-electron chi connectivity index (χ4n) is 2.80. The molecule has 0 saturated carbocycles. The van der Waals surface area contributed by atoms with E-state index in [0.29, 0.717) is 30.3 Å². The van der Waals surface area contributed by atoms with E-state index < -0.39 is 4.92 Å². The minimum absolute atomic E-state index is 0.0774. The summed E-state index contributed by atoms with van der Waals surface area (Å²) in [6.07, 6.45) is 0. The third-order valence-corrected chi connectivity index (χ3v) is 4.34. The molecule has 2 aromatic carbocycles. The Bertz CT molecular complexity index is 871. The molecule has 0 aliphatic rings. The molecule has 0 aliphatic carbocycles. The van der Waals surface area contributed by atoms with Crippen LogP contribution in [0.1, 0.15) is 12.5 Å². The van der Waals surface area contributed by atoms with E-state index in [4.69, 9.17) is 14.2 Å². The third-order valence-electron chi connectivity index (χ3n) is 4.34. The van der Waals surface area contributed by atoms with Crippen molar-refractivity contribution in [3.8, 4) is 17.2 Å². The maximum atomic E-state index is 12.5. The van der Waals surface area contributed by atoms with Gasteiger partial charge in [-0.1, -0.05) is 13.0 Å². The Morgan fingerprint density at radius 2 is 1.79 bits per heavy atom. The smallest absolute Gasteiger partial charge is 0.296 e. The molecule has 1 N–H and O–H groups in total. The van der Waals surface area contributed by atoms with Crippen LogP contribution in [0.4, 0.5) is 11.4 Å². The zero-order valence-corrected chi connectivity index (χ0v) is 16.9. The molecule has 0 saturated heterocycles. The molecule has 0 unspecified atom stereocenters. The molecule has 29 heavy (non-hydrogen) atoms. The molecule has 0 bridgehead atoms. The van der Waals surface area contributed by atoms with Crippen LogP contribution in [-0.2, 0) is 11.3 Å². The Balaban J connectivity index is 2.08. The van der Waals surface area contributed by atoms with Gasteiger partial charge in [-0.05, 0) is 36.4 Å². The molecule has 0 heterocycles.